The van der Waals surface area contributed by atoms with Crippen molar-refractivity contribution in [3.8, 4) is 0 Å². The third-order valence-electron chi connectivity index (χ3n) is 4.94. The van der Waals surface area contributed by atoms with Crippen molar-refractivity contribution in [3.05, 3.63) is 41.2 Å². The Bertz CT molecular complexity index is 976. The predicted molar refractivity (Wildman–Crippen MR) is 109 cm³/mol. The van der Waals surface area contributed by atoms with Gasteiger partial charge in [0.05, 0.1) is 29.2 Å². The van der Waals surface area contributed by atoms with E-state index in [2.05, 4.69) is 20.3 Å². The number of likely N-dealkylation sites (tertiary alicyclic amines) is 1. The molecule has 1 fully saturated rings. The van der Waals surface area contributed by atoms with Gasteiger partial charge in [-0.05, 0) is 25.0 Å². The van der Waals surface area contributed by atoms with E-state index in [1.54, 1.807) is 0 Å². The maximum atomic E-state index is 12.9. The zero-order valence-electron chi connectivity index (χ0n) is 15.9. The molecular weight excluding hydrogens is 374 g/mol. The number of fused-ring (bicyclic) bond motifs is 1. The Labute approximate surface area is 167 Å². The molecule has 146 valence electrons. The molecule has 2 amide bonds. The van der Waals surface area contributed by atoms with E-state index in [1.165, 1.54) is 11.3 Å². The number of benzene rings is 1. The van der Waals surface area contributed by atoms with Crippen LogP contribution in [-0.4, -0.2) is 38.2 Å². The van der Waals surface area contributed by atoms with Crippen LogP contribution in [0.15, 0.2) is 29.6 Å². The van der Waals surface area contributed by atoms with Crippen molar-refractivity contribution in [2.75, 3.05) is 11.9 Å². The number of carbonyl (C=O) groups excluding carboxylic acids is 2. The number of thiazole rings is 1. The second-order valence-electron chi connectivity index (χ2n) is 7.35. The van der Waals surface area contributed by atoms with Gasteiger partial charge in [0.2, 0.25) is 11.8 Å². The van der Waals surface area contributed by atoms with Crippen molar-refractivity contribution in [1.82, 2.24) is 19.9 Å². The molecule has 28 heavy (non-hydrogen) atoms. The lowest BCUT2D eigenvalue weighted by Crippen LogP contribution is -2.32. The number of aromatic nitrogens is 3. The smallest absolute Gasteiger partial charge is 0.229 e. The molecule has 0 spiro atoms. The molecule has 1 aromatic carbocycles. The van der Waals surface area contributed by atoms with Gasteiger partial charge in [0.15, 0.2) is 5.13 Å². The quantitative estimate of drug-likeness (QED) is 0.689. The molecule has 3 aromatic rings. The van der Waals surface area contributed by atoms with Crippen molar-refractivity contribution in [3.63, 3.8) is 0 Å². The van der Waals surface area contributed by atoms with Crippen LogP contribution in [0.25, 0.3) is 11.0 Å². The molecule has 1 saturated heterocycles. The average molecular weight is 398 g/mol. The van der Waals surface area contributed by atoms with Crippen molar-refractivity contribution >= 4 is 39.3 Å². The number of carbonyl (C=O) groups is 2. The molecular formula is C20H23N5O2S. The topological polar surface area (TPSA) is 91.0 Å². The Kier molecular flexibility index (Phi) is 5.13. The third kappa shape index (κ3) is 3.77. The summed E-state index contributed by atoms with van der Waals surface area (Å²) < 4.78 is 0. The van der Waals surface area contributed by atoms with Crippen molar-refractivity contribution in [1.29, 1.82) is 0 Å². The van der Waals surface area contributed by atoms with Crippen LogP contribution in [0.1, 0.15) is 44.2 Å². The molecule has 1 aliphatic heterocycles. The monoisotopic (exact) mass is 397 g/mol. The van der Waals surface area contributed by atoms with Crippen LogP contribution in [0.4, 0.5) is 5.13 Å². The van der Waals surface area contributed by atoms with Gasteiger partial charge in [0.25, 0.3) is 0 Å². The zero-order valence-corrected chi connectivity index (χ0v) is 16.8. The SMILES string of the molecule is CC(C)C(=O)Nc1nc(CC(=O)N2CCC[C@H]2c2nc3ccccc3[nH]2)cs1. The zero-order chi connectivity index (χ0) is 19.7. The molecule has 0 bridgehead atoms. The van der Waals surface area contributed by atoms with Gasteiger partial charge in [-0.15, -0.1) is 11.3 Å². The lowest BCUT2D eigenvalue weighted by Gasteiger charge is -2.22. The second-order valence-corrected chi connectivity index (χ2v) is 8.21. The number of para-hydroxylation sites is 2. The van der Waals surface area contributed by atoms with E-state index >= 15 is 0 Å². The fourth-order valence-corrected chi connectivity index (χ4v) is 4.14. The van der Waals surface area contributed by atoms with Gasteiger partial charge in [0, 0.05) is 17.8 Å². The summed E-state index contributed by atoms with van der Waals surface area (Å²) in [6.45, 7) is 4.39. The summed E-state index contributed by atoms with van der Waals surface area (Å²) in [7, 11) is 0. The number of hydrogen-bond acceptors (Lipinski definition) is 5. The van der Waals surface area contributed by atoms with Gasteiger partial charge in [0.1, 0.15) is 5.82 Å². The van der Waals surface area contributed by atoms with Gasteiger partial charge in [-0.25, -0.2) is 9.97 Å². The molecule has 2 N–H and O–H groups in total. The first-order valence-corrected chi connectivity index (χ1v) is 10.4. The largest absolute Gasteiger partial charge is 0.340 e. The number of aromatic amines is 1. The third-order valence-corrected chi connectivity index (χ3v) is 5.74. The minimum atomic E-state index is -0.108. The molecule has 2 aromatic heterocycles. The number of imidazole rings is 1. The maximum Gasteiger partial charge on any atom is 0.229 e. The summed E-state index contributed by atoms with van der Waals surface area (Å²) in [6, 6.07) is 7.87. The summed E-state index contributed by atoms with van der Waals surface area (Å²) in [5.41, 5.74) is 2.59. The summed E-state index contributed by atoms with van der Waals surface area (Å²) in [5, 5.41) is 5.15. The van der Waals surface area contributed by atoms with Crippen LogP contribution in [0, 0.1) is 5.92 Å². The van der Waals surface area contributed by atoms with Crippen molar-refractivity contribution in [2.45, 2.75) is 39.2 Å². The van der Waals surface area contributed by atoms with Crippen LogP contribution in [0.3, 0.4) is 0 Å². The first kappa shape index (κ1) is 18.6. The molecule has 4 rings (SSSR count). The number of H-pyrrole nitrogens is 1. The molecule has 0 radical (unpaired) electrons. The maximum absolute atomic E-state index is 12.9. The average Bonchev–Trinajstić information content (AvgIpc) is 3.40. The highest BCUT2D eigenvalue weighted by Crippen LogP contribution is 2.32. The summed E-state index contributed by atoms with van der Waals surface area (Å²) in [6.07, 6.45) is 2.09. The lowest BCUT2D eigenvalue weighted by atomic mass is 10.2. The van der Waals surface area contributed by atoms with Crippen molar-refractivity contribution in [2.24, 2.45) is 5.92 Å². The lowest BCUT2D eigenvalue weighted by molar-refractivity contribution is -0.131. The molecule has 7 nitrogen and oxygen atoms in total. The number of hydrogen-bond donors (Lipinski definition) is 2. The number of nitrogens with one attached hydrogen (secondary N) is 2. The molecule has 3 heterocycles. The Balaban J connectivity index is 1.45. The highest BCUT2D eigenvalue weighted by molar-refractivity contribution is 7.13. The van der Waals surface area contributed by atoms with E-state index in [-0.39, 0.29) is 30.2 Å². The fraction of sp³-hybridized carbons (Fsp3) is 0.400. The van der Waals surface area contributed by atoms with E-state index in [1.807, 2.05) is 48.4 Å². The Morgan fingerprint density at radius 3 is 2.93 bits per heavy atom. The minimum Gasteiger partial charge on any atom is -0.340 e. The van der Waals surface area contributed by atoms with Crippen LogP contribution < -0.4 is 5.32 Å². The highest BCUT2D eigenvalue weighted by atomic mass is 32.1. The Hall–Kier alpha value is -2.74. The van der Waals surface area contributed by atoms with E-state index in [9.17, 15) is 9.59 Å². The van der Waals surface area contributed by atoms with Crippen LogP contribution in [-0.2, 0) is 16.0 Å². The fourth-order valence-electron chi connectivity index (χ4n) is 3.43. The van der Waals surface area contributed by atoms with Crippen LogP contribution in [0.2, 0.25) is 0 Å². The molecule has 0 saturated carbocycles. The summed E-state index contributed by atoms with van der Waals surface area (Å²) in [4.78, 5) is 39.0. The molecule has 1 aliphatic rings. The first-order valence-electron chi connectivity index (χ1n) is 9.50. The van der Waals surface area contributed by atoms with Crippen LogP contribution >= 0.6 is 11.3 Å². The summed E-state index contributed by atoms with van der Waals surface area (Å²) >= 11 is 1.35. The van der Waals surface area contributed by atoms with Gasteiger partial charge in [-0.1, -0.05) is 26.0 Å². The van der Waals surface area contributed by atoms with Crippen molar-refractivity contribution < 1.29 is 9.59 Å². The number of nitrogens with zero attached hydrogens (tertiary/aromatic N) is 3. The van der Waals surface area contributed by atoms with Gasteiger partial charge in [-0.3, -0.25) is 9.59 Å². The van der Waals surface area contributed by atoms with Gasteiger partial charge in [-0.2, -0.15) is 0 Å². The molecule has 0 unspecified atom stereocenters. The van der Waals surface area contributed by atoms with E-state index in [4.69, 9.17) is 0 Å². The van der Waals surface area contributed by atoms with E-state index < -0.39 is 0 Å². The number of rotatable bonds is 5. The summed E-state index contributed by atoms with van der Waals surface area (Å²) in [5.74, 6) is 0.699. The first-order chi connectivity index (χ1) is 13.5. The number of anilines is 1. The predicted octanol–water partition coefficient (Wildman–Crippen LogP) is 3.52. The standard InChI is InChI=1S/C20H23N5O2S/c1-12(2)19(27)24-20-21-13(11-28-20)10-17(26)25-9-5-8-16(25)18-22-14-6-3-4-7-15(14)23-18/h3-4,6-7,11-12,16H,5,8-10H2,1-2H3,(H,22,23)(H,21,24,27)/t16-/m0/s1. The minimum absolute atomic E-state index is 0.0290. The van der Waals surface area contributed by atoms with Crippen LogP contribution in [0.5, 0.6) is 0 Å². The number of amides is 2. The molecule has 8 heteroatoms. The van der Waals surface area contributed by atoms with E-state index in [0.29, 0.717) is 10.8 Å². The molecule has 0 aliphatic carbocycles. The normalized spacial score (nSPS) is 16.8. The Morgan fingerprint density at radius 2 is 2.14 bits per heavy atom. The molecule has 1 atom stereocenters. The Morgan fingerprint density at radius 1 is 1.32 bits per heavy atom. The highest BCUT2D eigenvalue weighted by Gasteiger charge is 2.32. The van der Waals surface area contributed by atoms with Gasteiger partial charge < -0.3 is 15.2 Å². The second kappa shape index (κ2) is 7.71. The van der Waals surface area contributed by atoms with E-state index in [0.717, 1.165) is 36.2 Å². The van der Waals surface area contributed by atoms with Gasteiger partial charge >= 0.3 is 0 Å².